The number of pyridine rings is 1. The summed E-state index contributed by atoms with van der Waals surface area (Å²) in [6.45, 7) is 8.39. The standard InChI is InChI=1S/C28H29F2N7/c1-16-24(30)22(11-21-25(16)32-13-18(12-31)26(21)33-15-28(2,3)4)34-27(17-5-7-19(29)8-6-17)23-14-37(36-35-23)20-9-10-20/h5-8,11,13-14,20,27,34H,9-10,15H2,1-4H3,(H,32,33)/i27D. The summed E-state index contributed by atoms with van der Waals surface area (Å²) in [4.78, 5) is 4.37. The first-order valence-electron chi connectivity index (χ1n) is 12.7. The number of rotatable bonds is 7. The summed E-state index contributed by atoms with van der Waals surface area (Å²) < 4.78 is 40.8. The van der Waals surface area contributed by atoms with Crippen LogP contribution in [0.5, 0.6) is 0 Å². The van der Waals surface area contributed by atoms with Gasteiger partial charge in [0.05, 0.1) is 42.1 Å². The minimum Gasteiger partial charge on any atom is -0.383 e. The molecule has 1 saturated carbocycles. The second kappa shape index (κ2) is 9.43. The Bertz CT molecular complexity index is 1550. The molecule has 1 atom stereocenters. The molecule has 0 bridgehead atoms. The fourth-order valence-corrected chi connectivity index (χ4v) is 4.14. The van der Waals surface area contributed by atoms with Gasteiger partial charge in [-0.3, -0.25) is 4.98 Å². The lowest BCUT2D eigenvalue weighted by atomic mass is 9.96. The Morgan fingerprint density at radius 2 is 1.97 bits per heavy atom. The minimum atomic E-state index is -1.78. The summed E-state index contributed by atoms with van der Waals surface area (Å²) >= 11 is 0. The van der Waals surface area contributed by atoms with Crippen LogP contribution >= 0.6 is 0 Å². The molecule has 2 N–H and O–H groups in total. The van der Waals surface area contributed by atoms with Crippen LogP contribution in [0.15, 0.2) is 42.7 Å². The number of benzene rings is 2. The molecule has 0 radical (unpaired) electrons. The first kappa shape index (κ1) is 23.3. The van der Waals surface area contributed by atoms with Crippen molar-refractivity contribution in [1.29, 1.82) is 5.26 Å². The number of nitrogens with one attached hydrogen (secondary N) is 2. The van der Waals surface area contributed by atoms with Crippen LogP contribution in [0.2, 0.25) is 0 Å². The normalized spacial score (nSPS) is 15.6. The highest BCUT2D eigenvalue weighted by Crippen LogP contribution is 2.37. The van der Waals surface area contributed by atoms with Crippen LogP contribution in [0.3, 0.4) is 0 Å². The van der Waals surface area contributed by atoms with Gasteiger partial charge in [-0.15, -0.1) is 5.10 Å². The van der Waals surface area contributed by atoms with E-state index >= 15 is 4.39 Å². The van der Waals surface area contributed by atoms with E-state index < -0.39 is 17.7 Å². The van der Waals surface area contributed by atoms with Crippen molar-refractivity contribution in [2.24, 2.45) is 5.41 Å². The zero-order chi connectivity index (χ0) is 27.2. The summed E-state index contributed by atoms with van der Waals surface area (Å²) in [7, 11) is 0. The van der Waals surface area contributed by atoms with E-state index in [1.807, 2.05) is 0 Å². The molecule has 2 aromatic heterocycles. The molecule has 1 aliphatic carbocycles. The topological polar surface area (TPSA) is 91.4 Å². The van der Waals surface area contributed by atoms with Gasteiger partial charge in [-0.2, -0.15) is 5.26 Å². The fourth-order valence-electron chi connectivity index (χ4n) is 4.14. The van der Waals surface area contributed by atoms with Crippen molar-refractivity contribution in [3.05, 3.63) is 76.7 Å². The SMILES string of the molecule is [2H]C(Nc1cc2c(NCC(C)(C)C)c(C#N)cnc2c(C)c1F)(c1ccc(F)cc1)c1cn(C2CC2)nn1. The number of hydrogen-bond acceptors (Lipinski definition) is 6. The van der Waals surface area contributed by atoms with Crippen LogP contribution in [-0.4, -0.2) is 26.5 Å². The molecular weight excluding hydrogens is 472 g/mol. The summed E-state index contributed by atoms with van der Waals surface area (Å²) in [5.74, 6) is -1.03. The number of nitriles is 1. The van der Waals surface area contributed by atoms with E-state index in [1.54, 1.807) is 23.9 Å². The van der Waals surface area contributed by atoms with Crippen LogP contribution in [0.1, 0.15) is 69.4 Å². The molecule has 5 rings (SSSR count). The Labute approximate surface area is 215 Å². The number of anilines is 2. The number of aryl methyl sites for hydroxylation is 1. The number of aromatic nitrogens is 4. The lowest BCUT2D eigenvalue weighted by Gasteiger charge is -2.23. The maximum absolute atomic E-state index is 15.8. The van der Waals surface area contributed by atoms with Crippen molar-refractivity contribution in [2.45, 2.75) is 52.6 Å². The van der Waals surface area contributed by atoms with Crippen LogP contribution in [-0.2, 0) is 0 Å². The Balaban J connectivity index is 1.66. The fraction of sp³-hybridized carbons (Fsp3) is 0.357. The Morgan fingerprint density at radius 1 is 1.24 bits per heavy atom. The molecule has 1 fully saturated rings. The molecule has 37 heavy (non-hydrogen) atoms. The molecule has 0 saturated heterocycles. The maximum Gasteiger partial charge on any atom is 0.151 e. The number of hydrogen-bond donors (Lipinski definition) is 2. The summed E-state index contributed by atoms with van der Waals surface area (Å²) in [6, 6.07) is 7.65. The van der Waals surface area contributed by atoms with Crippen LogP contribution in [0, 0.1) is 35.3 Å². The van der Waals surface area contributed by atoms with Gasteiger partial charge in [-0.1, -0.05) is 38.1 Å². The number of fused-ring (bicyclic) bond motifs is 1. The highest BCUT2D eigenvalue weighted by molar-refractivity contribution is 5.98. The van der Waals surface area contributed by atoms with Gasteiger partial charge in [0.15, 0.2) is 5.82 Å². The van der Waals surface area contributed by atoms with Crippen LogP contribution < -0.4 is 10.6 Å². The largest absolute Gasteiger partial charge is 0.383 e. The second-order valence-electron chi connectivity index (χ2n) is 10.7. The molecule has 7 nitrogen and oxygen atoms in total. The van der Waals surface area contributed by atoms with E-state index in [4.69, 9.17) is 0 Å². The van der Waals surface area contributed by atoms with Gasteiger partial charge in [-0.25, -0.2) is 13.5 Å². The van der Waals surface area contributed by atoms with E-state index in [1.165, 1.54) is 30.5 Å². The summed E-state index contributed by atoms with van der Waals surface area (Å²) in [6.07, 6.45) is 5.08. The number of halogens is 2. The van der Waals surface area contributed by atoms with E-state index in [9.17, 15) is 11.0 Å². The quantitative estimate of drug-likeness (QED) is 0.309. The minimum absolute atomic E-state index is 0.0333. The van der Waals surface area contributed by atoms with E-state index in [2.05, 4.69) is 52.8 Å². The Morgan fingerprint density at radius 3 is 2.62 bits per heavy atom. The predicted octanol–water partition coefficient (Wildman–Crippen LogP) is 6.28. The average molecular weight is 503 g/mol. The van der Waals surface area contributed by atoms with Crippen LogP contribution in [0.4, 0.5) is 20.2 Å². The molecule has 1 unspecified atom stereocenters. The third-order valence-electron chi connectivity index (χ3n) is 6.32. The molecule has 9 heteroatoms. The zero-order valence-electron chi connectivity index (χ0n) is 22.2. The summed E-state index contributed by atoms with van der Waals surface area (Å²) in [5, 5.41) is 25.1. The predicted molar refractivity (Wildman–Crippen MR) is 139 cm³/mol. The van der Waals surface area contributed by atoms with Crippen molar-refractivity contribution in [3.8, 4) is 6.07 Å². The molecular formula is C28H29F2N7. The lowest BCUT2D eigenvalue weighted by Crippen LogP contribution is -2.20. The van der Waals surface area contributed by atoms with Gasteiger partial charge in [0.2, 0.25) is 0 Å². The molecule has 0 amide bonds. The molecule has 190 valence electrons. The highest BCUT2D eigenvalue weighted by Gasteiger charge is 2.28. The highest BCUT2D eigenvalue weighted by atomic mass is 19.1. The molecule has 0 spiro atoms. The zero-order valence-corrected chi connectivity index (χ0v) is 21.2. The first-order valence-corrected chi connectivity index (χ1v) is 12.2. The molecule has 4 aromatic rings. The molecule has 2 aromatic carbocycles. The third kappa shape index (κ3) is 5.10. The van der Waals surface area contributed by atoms with Crippen molar-refractivity contribution in [3.63, 3.8) is 0 Å². The second-order valence-corrected chi connectivity index (χ2v) is 10.7. The van der Waals surface area contributed by atoms with Crippen molar-refractivity contribution in [2.75, 3.05) is 17.2 Å². The van der Waals surface area contributed by atoms with Crippen molar-refractivity contribution >= 4 is 22.3 Å². The summed E-state index contributed by atoms with van der Waals surface area (Å²) in [5.41, 5.74) is 2.15. The Hall–Kier alpha value is -4.06. The third-order valence-corrected chi connectivity index (χ3v) is 6.32. The first-order chi connectivity index (χ1) is 18.0. The molecule has 0 aliphatic heterocycles. The van der Waals surface area contributed by atoms with Gasteiger partial charge in [0.25, 0.3) is 0 Å². The number of nitrogens with zero attached hydrogens (tertiary/aromatic N) is 5. The Kier molecular flexibility index (Phi) is 5.95. The monoisotopic (exact) mass is 502 g/mol. The van der Waals surface area contributed by atoms with Gasteiger partial charge in [0.1, 0.15) is 17.6 Å². The van der Waals surface area contributed by atoms with Gasteiger partial charge < -0.3 is 10.6 Å². The van der Waals surface area contributed by atoms with Gasteiger partial charge >= 0.3 is 0 Å². The maximum atomic E-state index is 15.8. The van der Waals surface area contributed by atoms with Gasteiger partial charge in [0, 0.05) is 23.7 Å². The van der Waals surface area contributed by atoms with Crippen molar-refractivity contribution in [1.82, 2.24) is 20.0 Å². The molecule has 1 aliphatic rings. The van der Waals surface area contributed by atoms with Crippen LogP contribution in [0.25, 0.3) is 10.9 Å². The lowest BCUT2D eigenvalue weighted by molar-refractivity contribution is 0.443. The van der Waals surface area contributed by atoms with Gasteiger partial charge in [-0.05, 0) is 48.9 Å². The smallest absolute Gasteiger partial charge is 0.151 e. The average Bonchev–Trinajstić information content (AvgIpc) is 3.61. The van der Waals surface area contributed by atoms with E-state index in [0.717, 1.165) is 12.8 Å². The van der Waals surface area contributed by atoms with E-state index in [-0.39, 0.29) is 28.4 Å². The van der Waals surface area contributed by atoms with Crippen molar-refractivity contribution < 1.29 is 10.2 Å². The van der Waals surface area contributed by atoms with E-state index in [0.29, 0.717) is 34.3 Å². The molecule has 2 heterocycles.